The zero-order valence-corrected chi connectivity index (χ0v) is 19.8. The Morgan fingerprint density at radius 2 is 1.92 bits per heavy atom. The number of fused-ring (bicyclic) bond motifs is 1. The van der Waals surface area contributed by atoms with Crippen molar-refractivity contribution in [2.75, 3.05) is 12.8 Å². The first-order chi connectivity index (χ1) is 17.4. The number of nitrogen functional groups attached to an aromatic ring is 1. The normalized spacial score (nSPS) is 16.6. The number of anilines is 1. The summed E-state index contributed by atoms with van der Waals surface area (Å²) in [5.74, 6) is 5.24. The van der Waals surface area contributed by atoms with Crippen LogP contribution in [0.25, 0.3) is 16.7 Å². The molecule has 182 valence electrons. The molecule has 2 N–H and O–H groups in total. The van der Waals surface area contributed by atoms with Crippen molar-refractivity contribution in [1.29, 1.82) is 0 Å². The second-order valence-corrected chi connectivity index (χ2v) is 8.65. The van der Waals surface area contributed by atoms with Gasteiger partial charge in [0.1, 0.15) is 22.8 Å². The summed E-state index contributed by atoms with van der Waals surface area (Å²) in [7, 11) is 1.70. The molecule has 1 aliphatic rings. The number of pyridine rings is 1. The summed E-state index contributed by atoms with van der Waals surface area (Å²) in [4.78, 5) is 31.5. The van der Waals surface area contributed by atoms with Crippen molar-refractivity contribution < 1.29 is 13.9 Å². The molecule has 0 bridgehead atoms. The number of hydrogen-bond donors (Lipinski definition) is 1. The number of imidazole rings is 1. The molecule has 0 aliphatic heterocycles. The molecule has 8 nitrogen and oxygen atoms in total. The third-order valence-electron chi connectivity index (χ3n) is 6.50. The van der Waals surface area contributed by atoms with Gasteiger partial charge in [-0.15, -0.1) is 0 Å². The van der Waals surface area contributed by atoms with Crippen LogP contribution in [0.3, 0.4) is 0 Å². The number of hydrogen-bond acceptors (Lipinski definition) is 5. The first-order valence-corrected chi connectivity index (χ1v) is 11.5. The first-order valence-electron chi connectivity index (χ1n) is 11.5. The molecule has 2 aromatic heterocycles. The van der Waals surface area contributed by atoms with Crippen LogP contribution in [0.5, 0.6) is 11.5 Å². The van der Waals surface area contributed by atoms with Crippen molar-refractivity contribution in [3.05, 3.63) is 77.1 Å². The van der Waals surface area contributed by atoms with Crippen LogP contribution >= 0.6 is 0 Å². The maximum atomic E-state index is 15.3. The standard InChI is InChI=1S/C27H24FN5O3/c1-3-7-24(34)31(2)17-14-18(15-17)32-23-12-13-30-26(29)25(23)33(27(32)35)22-11-10-20(16-21(22)28)36-19-8-5-4-6-9-19/h4-6,8-13,16-18H,14-15H2,1-2H3,(H2,29,30). The fourth-order valence-corrected chi connectivity index (χ4v) is 4.57. The lowest BCUT2D eigenvalue weighted by atomic mass is 9.85. The minimum absolute atomic E-state index is 0.0426. The largest absolute Gasteiger partial charge is 0.457 e. The summed E-state index contributed by atoms with van der Waals surface area (Å²) in [6.45, 7) is 1.61. The van der Waals surface area contributed by atoms with Gasteiger partial charge in [0.15, 0.2) is 5.82 Å². The molecule has 0 saturated heterocycles. The van der Waals surface area contributed by atoms with E-state index in [9.17, 15) is 9.59 Å². The zero-order valence-electron chi connectivity index (χ0n) is 19.8. The van der Waals surface area contributed by atoms with Gasteiger partial charge in [0, 0.05) is 31.4 Å². The third kappa shape index (κ3) is 3.96. The number of aromatic nitrogens is 3. The van der Waals surface area contributed by atoms with Crippen molar-refractivity contribution in [3.8, 4) is 29.0 Å². The third-order valence-corrected chi connectivity index (χ3v) is 6.50. The Morgan fingerprint density at radius 1 is 1.17 bits per heavy atom. The summed E-state index contributed by atoms with van der Waals surface area (Å²) in [5, 5.41) is 0. The predicted molar refractivity (Wildman–Crippen MR) is 134 cm³/mol. The SMILES string of the molecule is CC#CC(=O)N(C)C1CC(n2c(=O)n(-c3ccc(Oc4ccccc4)cc3F)c3c(N)nccc32)C1. The molecule has 1 fully saturated rings. The van der Waals surface area contributed by atoms with E-state index >= 15 is 4.39 Å². The van der Waals surface area contributed by atoms with Crippen LogP contribution in [0.2, 0.25) is 0 Å². The maximum Gasteiger partial charge on any atom is 0.334 e. The molecule has 1 amide bonds. The highest BCUT2D eigenvalue weighted by Crippen LogP contribution is 2.38. The van der Waals surface area contributed by atoms with Gasteiger partial charge in [0.2, 0.25) is 0 Å². The Morgan fingerprint density at radius 3 is 2.61 bits per heavy atom. The molecule has 5 rings (SSSR count). The van der Waals surface area contributed by atoms with Crippen LogP contribution in [-0.4, -0.2) is 38.0 Å². The van der Waals surface area contributed by atoms with Gasteiger partial charge in [0.05, 0.1) is 11.2 Å². The molecule has 2 aromatic carbocycles. The number of para-hydroxylation sites is 1. The minimum Gasteiger partial charge on any atom is -0.457 e. The Hall–Kier alpha value is -4.58. The van der Waals surface area contributed by atoms with Gasteiger partial charge in [-0.2, -0.15) is 0 Å². The van der Waals surface area contributed by atoms with E-state index in [4.69, 9.17) is 10.5 Å². The summed E-state index contributed by atoms with van der Waals surface area (Å²) >= 11 is 0. The van der Waals surface area contributed by atoms with E-state index in [1.807, 2.05) is 18.2 Å². The van der Waals surface area contributed by atoms with Gasteiger partial charge in [-0.05, 0) is 56.0 Å². The minimum atomic E-state index is -0.636. The summed E-state index contributed by atoms with van der Waals surface area (Å²) < 4.78 is 23.9. The second-order valence-electron chi connectivity index (χ2n) is 8.65. The highest BCUT2D eigenvalue weighted by atomic mass is 19.1. The Kier molecular flexibility index (Phi) is 5.94. The van der Waals surface area contributed by atoms with Crippen molar-refractivity contribution in [1.82, 2.24) is 19.0 Å². The average Bonchev–Trinajstić information content (AvgIpc) is 3.12. The molecule has 9 heteroatoms. The van der Waals surface area contributed by atoms with Gasteiger partial charge >= 0.3 is 5.69 Å². The molecule has 36 heavy (non-hydrogen) atoms. The second kappa shape index (κ2) is 9.23. The van der Waals surface area contributed by atoms with E-state index in [0.717, 1.165) is 0 Å². The topological polar surface area (TPSA) is 95.4 Å². The molecule has 1 saturated carbocycles. The molecule has 0 atom stereocenters. The Bertz CT molecular complexity index is 1580. The number of amides is 1. The van der Waals surface area contributed by atoms with Gasteiger partial charge in [-0.25, -0.2) is 14.2 Å². The Balaban J connectivity index is 1.51. The molecule has 1 aliphatic carbocycles. The number of carbonyl (C=O) groups is 1. The number of rotatable bonds is 5. The van der Waals surface area contributed by atoms with E-state index < -0.39 is 11.5 Å². The fraction of sp³-hybridized carbons (Fsp3) is 0.222. The van der Waals surface area contributed by atoms with Crippen LogP contribution < -0.4 is 16.2 Å². The first kappa shape index (κ1) is 23.2. The van der Waals surface area contributed by atoms with Crippen molar-refractivity contribution in [3.63, 3.8) is 0 Å². The highest BCUT2D eigenvalue weighted by molar-refractivity contribution is 5.93. The van der Waals surface area contributed by atoms with Crippen LogP contribution in [0.15, 0.2) is 65.6 Å². The smallest absolute Gasteiger partial charge is 0.334 e. The quantitative estimate of drug-likeness (QED) is 0.433. The Labute approximate surface area is 206 Å². The molecule has 4 aromatic rings. The number of nitrogens with two attached hydrogens (primary N) is 1. The number of carbonyl (C=O) groups excluding carboxylic acids is 1. The maximum absolute atomic E-state index is 15.3. The highest BCUT2D eigenvalue weighted by Gasteiger charge is 2.37. The molecule has 0 radical (unpaired) electrons. The predicted octanol–water partition coefficient (Wildman–Crippen LogP) is 3.89. The summed E-state index contributed by atoms with van der Waals surface area (Å²) in [6.07, 6.45) is 2.66. The molecule has 0 unspecified atom stereocenters. The van der Waals surface area contributed by atoms with Crippen molar-refractivity contribution in [2.24, 2.45) is 0 Å². The van der Waals surface area contributed by atoms with Gasteiger partial charge in [0.25, 0.3) is 5.91 Å². The van der Waals surface area contributed by atoms with Crippen LogP contribution in [0.4, 0.5) is 10.2 Å². The number of nitrogens with zero attached hydrogens (tertiary/aromatic N) is 4. The molecular formula is C27H24FN5O3. The van der Waals surface area contributed by atoms with Crippen LogP contribution in [0.1, 0.15) is 25.8 Å². The number of ether oxygens (including phenoxy) is 1. The molecule has 0 spiro atoms. The number of halogens is 1. The van der Waals surface area contributed by atoms with Crippen LogP contribution in [0, 0.1) is 17.7 Å². The zero-order chi connectivity index (χ0) is 25.4. The summed E-state index contributed by atoms with van der Waals surface area (Å²) in [5.41, 5.74) is 6.68. The summed E-state index contributed by atoms with van der Waals surface area (Å²) in [6, 6.07) is 14.8. The molecule has 2 heterocycles. The van der Waals surface area contributed by atoms with E-state index in [1.54, 1.807) is 47.7 Å². The van der Waals surface area contributed by atoms with Crippen molar-refractivity contribution >= 4 is 22.8 Å². The van der Waals surface area contributed by atoms with Gasteiger partial charge in [-0.1, -0.05) is 24.1 Å². The van der Waals surface area contributed by atoms with E-state index in [-0.39, 0.29) is 29.5 Å². The fourth-order valence-electron chi connectivity index (χ4n) is 4.57. The monoisotopic (exact) mass is 485 g/mol. The average molecular weight is 486 g/mol. The lowest BCUT2D eigenvalue weighted by Gasteiger charge is -2.40. The molecular weight excluding hydrogens is 461 g/mol. The van der Waals surface area contributed by atoms with Gasteiger partial charge < -0.3 is 15.4 Å². The lowest BCUT2D eigenvalue weighted by Crippen LogP contribution is -2.47. The van der Waals surface area contributed by atoms with E-state index in [1.165, 1.54) is 22.9 Å². The number of benzene rings is 2. The lowest BCUT2D eigenvalue weighted by molar-refractivity contribution is -0.128. The van der Waals surface area contributed by atoms with Crippen LogP contribution in [-0.2, 0) is 4.79 Å². The van der Waals surface area contributed by atoms with Gasteiger partial charge in [-0.3, -0.25) is 13.9 Å². The van der Waals surface area contributed by atoms with E-state index in [2.05, 4.69) is 16.8 Å². The van der Waals surface area contributed by atoms with E-state index in [0.29, 0.717) is 35.4 Å². The van der Waals surface area contributed by atoms with Crippen molar-refractivity contribution in [2.45, 2.75) is 31.8 Å².